The lowest BCUT2D eigenvalue weighted by atomic mass is 10.1. The van der Waals surface area contributed by atoms with Crippen LogP contribution in [0.3, 0.4) is 0 Å². The van der Waals surface area contributed by atoms with Gasteiger partial charge in [-0.1, -0.05) is 17.7 Å². The summed E-state index contributed by atoms with van der Waals surface area (Å²) in [6, 6.07) is 4.04. The van der Waals surface area contributed by atoms with E-state index in [1.807, 2.05) is 0 Å². The Balaban J connectivity index is 2.51. The maximum atomic E-state index is 13.7. The lowest BCUT2D eigenvalue weighted by Gasteiger charge is -2.19. The van der Waals surface area contributed by atoms with Crippen LogP contribution in [-0.4, -0.2) is 30.8 Å². The van der Waals surface area contributed by atoms with Gasteiger partial charge in [0.05, 0.1) is 11.5 Å². The van der Waals surface area contributed by atoms with Gasteiger partial charge in [-0.25, -0.2) is 9.59 Å². The standard InChI is InChI=1S/C20H20ClFNO5S/c1-6-26-14(24)10-27-16-15(21)17(11-7-8-12(22)13(9-11)23-5)29-18(16)19(25)28-20(2,3)4/h5,7-9H,6,10H2,1-4H3/q+1. The lowest BCUT2D eigenvalue weighted by Crippen LogP contribution is -2.24. The van der Waals surface area contributed by atoms with Crippen molar-refractivity contribution in [3.05, 3.63) is 38.8 Å². The number of benzene rings is 1. The van der Waals surface area contributed by atoms with E-state index in [0.717, 1.165) is 11.3 Å². The quantitative estimate of drug-likeness (QED) is 0.539. The van der Waals surface area contributed by atoms with Crippen LogP contribution in [0.5, 0.6) is 5.75 Å². The van der Waals surface area contributed by atoms with E-state index in [-0.39, 0.29) is 27.9 Å². The van der Waals surface area contributed by atoms with Crippen LogP contribution in [-0.2, 0) is 14.3 Å². The number of halogens is 2. The Kier molecular flexibility index (Phi) is 7.22. The summed E-state index contributed by atoms with van der Waals surface area (Å²) in [6.45, 7) is 11.8. The summed E-state index contributed by atoms with van der Waals surface area (Å²) in [5, 5.41) is 0.0785. The van der Waals surface area contributed by atoms with Gasteiger partial charge in [-0.3, -0.25) is 0 Å². The number of hydrogen-bond acceptors (Lipinski definition) is 6. The summed E-state index contributed by atoms with van der Waals surface area (Å²) in [7, 11) is 0. The SMILES string of the molecule is C#[N+]c1cc(-c2sc(C(=O)OC(C)(C)C)c(OCC(=O)OCC)c2Cl)ccc1F. The minimum atomic E-state index is -0.756. The van der Waals surface area contributed by atoms with Crippen LogP contribution < -0.4 is 4.74 Å². The summed E-state index contributed by atoms with van der Waals surface area (Å²) in [6.07, 6.45) is 0. The molecule has 154 valence electrons. The third-order valence-corrected chi connectivity index (χ3v) is 5.05. The fourth-order valence-corrected chi connectivity index (χ4v) is 3.70. The van der Waals surface area contributed by atoms with Crippen molar-refractivity contribution >= 4 is 40.6 Å². The number of nitrogens with zero attached hydrogens (tertiary/aromatic N) is 1. The fraction of sp³-hybridized carbons (Fsp3) is 0.350. The Morgan fingerprint density at radius 1 is 1.31 bits per heavy atom. The van der Waals surface area contributed by atoms with E-state index in [4.69, 9.17) is 32.4 Å². The van der Waals surface area contributed by atoms with E-state index >= 15 is 0 Å². The van der Waals surface area contributed by atoms with Crippen molar-refractivity contribution in [2.75, 3.05) is 13.2 Å². The molecule has 0 saturated heterocycles. The minimum Gasteiger partial charge on any atom is -0.479 e. The normalized spacial score (nSPS) is 10.9. The van der Waals surface area contributed by atoms with E-state index in [1.54, 1.807) is 27.7 Å². The summed E-state index contributed by atoms with van der Waals surface area (Å²) < 4.78 is 29.4. The molecule has 0 aliphatic carbocycles. The summed E-state index contributed by atoms with van der Waals surface area (Å²) in [5.74, 6) is -1.89. The van der Waals surface area contributed by atoms with Gasteiger partial charge in [0.25, 0.3) is 6.57 Å². The molecule has 0 unspecified atom stereocenters. The van der Waals surface area contributed by atoms with Crippen molar-refractivity contribution in [2.45, 2.75) is 33.3 Å². The molecule has 1 heterocycles. The number of rotatable bonds is 6. The molecule has 1 aromatic heterocycles. The van der Waals surface area contributed by atoms with Gasteiger partial charge in [0.1, 0.15) is 10.6 Å². The summed E-state index contributed by atoms with van der Waals surface area (Å²) in [4.78, 5) is 28.2. The molecule has 1 aromatic carbocycles. The molecule has 2 rings (SSSR count). The highest BCUT2D eigenvalue weighted by atomic mass is 35.5. The Morgan fingerprint density at radius 3 is 2.59 bits per heavy atom. The molecule has 0 aliphatic heterocycles. The Labute approximate surface area is 177 Å². The van der Waals surface area contributed by atoms with Crippen molar-refractivity contribution in [2.24, 2.45) is 0 Å². The molecule has 6 nitrogen and oxygen atoms in total. The smallest absolute Gasteiger partial charge is 0.375 e. The first-order chi connectivity index (χ1) is 13.6. The molecule has 9 heteroatoms. The van der Waals surface area contributed by atoms with Crippen molar-refractivity contribution in [3.8, 4) is 22.8 Å². The van der Waals surface area contributed by atoms with E-state index in [0.29, 0.717) is 10.4 Å². The summed E-state index contributed by atoms with van der Waals surface area (Å²) in [5.41, 5.74) is -0.352. The summed E-state index contributed by atoms with van der Waals surface area (Å²) >= 11 is 7.43. The van der Waals surface area contributed by atoms with Crippen LogP contribution in [0.1, 0.15) is 37.4 Å². The van der Waals surface area contributed by atoms with Gasteiger partial charge in [0, 0.05) is 11.6 Å². The largest absolute Gasteiger partial charge is 0.479 e. The first kappa shape index (κ1) is 22.7. The average Bonchev–Trinajstić information content (AvgIpc) is 2.96. The monoisotopic (exact) mass is 440 g/mol. The van der Waals surface area contributed by atoms with E-state index in [1.165, 1.54) is 18.2 Å². The Morgan fingerprint density at radius 2 is 2.00 bits per heavy atom. The zero-order valence-electron chi connectivity index (χ0n) is 16.4. The molecule has 0 bridgehead atoms. The van der Waals surface area contributed by atoms with Gasteiger partial charge in [0.2, 0.25) is 5.82 Å². The number of esters is 2. The number of carbonyl (C=O) groups is 2. The van der Waals surface area contributed by atoms with Gasteiger partial charge in [0.15, 0.2) is 17.2 Å². The van der Waals surface area contributed by atoms with E-state index in [9.17, 15) is 14.0 Å². The fourth-order valence-electron chi connectivity index (χ4n) is 2.26. The van der Waals surface area contributed by atoms with Crippen LogP contribution in [0.4, 0.5) is 10.1 Å². The first-order valence-electron chi connectivity index (χ1n) is 8.62. The van der Waals surface area contributed by atoms with Crippen molar-refractivity contribution in [1.29, 1.82) is 0 Å². The maximum absolute atomic E-state index is 13.7. The average molecular weight is 441 g/mol. The van der Waals surface area contributed by atoms with Crippen LogP contribution in [0.25, 0.3) is 15.3 Å². The molecule has 0 saturated carbocycles. The van der Waals surface area contributed by atoms with E-state index < -0.39 is 30.0 Å². The van der Waals surface area contributed by atoms with Crippen LogP contribution in [0, 0.1) is 12.4 Å². The molecule has 0 fully saturated rings. The zero-order chi connectivity index (χ0) is 21.8. The molecule has 0 spiro atoms. The highest BCUT2D eigenvalue weighted by Crippen LogP contribution is 2.46. The lowest BCUT2D eigenvalue weighted by molar-refractivity contribution is -0.145. The molecule has 0 N–H and O–H groups in total. The van der Waals surface area contributed by atoms with Crippen LogP contribution in [0.15, 0.2) is 18.2 Å². The highest BCUT2D eigenvalue weighted by molar-refractivity contribution is 7.18. The molecular formula is C20H20ClFNO5S+. The zero-order valence-corrected chi connectivity index (χ0v) is 17.9. The number of thiophene rings is 1. The van der Waals surface area contributed by atoms with Crippen molar-refractivity contribution in [1.82, 2.24) is 0 Å². The molecule has 29 heavy (non-hydrogen) atoms. The maximum Gasteiger partial charge on any atom is 0.375 e. The number of carbonyl (C=O) groups excluding carboxylic acids is 2. The number of ether oxygens (including phenoxy) is 3. The molecule has 0 radical (unpaired) electrons. The molecule has 0 atom stereocenters. The second kappa shape index (κ2) is 9.25. The topological polar surface area (TPSA) is 66.2 Å². The van der Waals surface area contributed by atoms with Gasteiger partial charge < -0.3 is 14.2 Å². The van der Waals surface area contributed by atoms with Crippen LogP contribution in [0.2, 0.25) is 5.02 Å². The number of hydrogen-bond donors (Lipinski definition) is 0. The molecule has 0 amide bonds. The third kappa shape index (κ3) is 5.68. The second-order valence-electron chi connectivity index (χ2n) is 6.79. The molecule has 0 aliphatic rings. The minimum absolute atomic E-state index is 0.00969. The second-order valence-corrected chi connectivity index (χ2v) is 8.19. The van der Waals surface area contributed by atoms with Crippen molar-refractivity contribution in [3.63, 3.8) is 0 Å². The molecule has 2 aromatic rings. The molecular weight excluding hydrogens is 421 g/mol. The van der Waals surface area contributed by atoms with E-state index in [2.05, 4.69) is 4.85 Å². The van der Waals surface area contributed by atoms with Gasteiger partial charge in [-0.2, -0.15) is 4.39 Å². The first-order valence-corrected chi connectivity index (χ1v) is 9.81. The van der Waals surface area contributed by atoms with Gasteiger partial charge in [-0.15, -0.1) is 11.3 Å². The highest BCUT2D eigenvalue weighted by Gasteiger charge is 2.29. The van der Waals surface area contributed by atoms with Gasteiger partial charge in [-0.05, 0) is 38.6 Å². The Bertz CT molecular complexity index is 974. The Hall–Kier alpha value is -2.63. The predicted octanol–water partition coefficient (Wildman–Crippen LogP) is 5.70. The van der Waals surface area contributed by atoms with Gasteiger partial charge >= 0.3 is 17.6 Å². The van der Waals surface area contributed by atoms with Crippen LogP contribution >= 0.6 is 22.9 Å². The predicted molar refractivity (Wildman–Crippen MR) is 110 cm³/mol. The van der Waals surface area contributed by atoms with Crippen molar-refractivity contribution < 1.29 is 28.2 Å². The third-order valence-electron chi connectivity index (χ3n) is 3.38.